The second kappa shape index (κ2) is 9.94. The Morgan fingerprint density at radius 2 is 1.82 bits per heavy atom. The number of carbonyl (C=O) groups excluding carboxylic acids is 1. The topological polar surface area (TPSA) is 107 Å². The largest absolute Gasteiger partial charge is 0.488 e. The fourth-order valence-corrected chi connectivity index (χ4v) is 3.41. The number of halogens is 4. The summed E-state index contributed by atoms with van der Waals surface area (Å²) in [5.41, 5.74) is 4.07. The molecule has 0 fully saturated rings. The lowest BCUT2D eigenvalue weighted by Gasteiger charge is -2.19. The molecule has 0 aliphatic heterocycles. The zero-order valence-corrected chi connectivity index (χ0v) is 18.2. The number of benzene rings is 1. The Bertz CT molecular complexity index is 1260. The molecule has 0 aliphatic rings. The van der Waals surface area contributed by atoms with Gasteiger partial charge in [0.1, 0.15) is 11.4 Å². The van der Waals surface area contributed by atoms with Crippen molar-refractivity contribution in [2.24, 2.45) is 5.73 Å². The van der Waals surface area contributed by atoms with Crippen LogP contribution in [0.5, 0.6) is 11.6 Å². The van der Waals surface area contributed by atoms with Gasteiger partial charge in [-0.3, -0.25) is 9.59 Å². The number of primary amides is 1. The Kier molecular flexibility index (Phi) is 7.23. The monoisotopic (exact) mass is 479 g/mol. The highest BCUT2D eigenvalue weighted by Gasteiger charge is 2.37. The quantitative estimate of drug-likeness (QED) is 0.475. The molecular weight excluding hydrogens is 458 g/mol. The van der Waals surface area contributed by atoms with Gasteiger partial charge in [0, 0.05) is 23.5 Å². The minimum Gasteiger partial charge on any atom is -0.488 e. The van der Waals surface area contributed by atoms with Crippen LogP contribution in [0.1, 0.15) is 36.5 Å². The predicted molar refractivity (Wildman–Crippen MR) is 115 cm³/mol. The second-order valence-corrected chi connectivity index (χ2v) is 7.14. The normalized spacial score (nSPS) is 12.3. The highest BCUT2D eigenvalue weighted by molar-refractivity contribution is 5.86. The maximum Gasteiger partial charge on any atom is 0.421 e. The first kappa shape index (κ1) is 24.7. The molecular formula is C23H21F4N3O4. The predicted octanol–water partition coefficient (Wildman–Crippen LogP) is 4.01. The average Bonchev–Trinajstić information content (AvgIpc) is 2.77. The van der Waals surface area contributed by atoms with Gasteiger partial charge in [0.05, 0.1) is 19.1 Å². The van der Waals surface area contributed by atoms with E-state index in [1.54, 1.807) is 6.92 Å². The number of alkyl halides is 3. The molecule has 0 bridgehead atoms. The van der Waals surface area contributed by atoms with Gasteiger partial charge in [-0.1, -0.05) is 12.1 Å². The van der Waals surface area contributed by atoms with Crippen molar-refractivity contribution in [3.63, 3.8) is 0 Å². The number of pyridine rings is 2. The van der Waals surface area contributed by atoms with Crippen LogP contribution in [-0.4, -0.2) is 29.1 Å². The van der Waals surface area contributed by atoms with E-state index >= 15 is 4.39 Å². The first-order valence-corrected chi connectivity index (χ1v) is 10.2. The summed E-state index contributed by atoms with van der Waals surface area (Å²) in [5.74, 6) is -4.09. The maximum atomic E-state index is 15.1. The van der Waals surface area contributed by atoms with E-state index in [-0.39, 0.29) is 30.1 Å². The number of nitrogens with zero attached hydrogens (tertiary/aromatic N) is 1. The molecule has 2 heterocycles. The van der Waals surface area contributed by atoms with Crippen LogP contribution in [0.4, 0.5) is 17.6 Å². The lowest BCUT2D eigenvalue weighted by molar-refractivity contribution is -0.139. The summed E-state index contributed by atoms with van der Waals surface area (Å²) < 4.78 is 65.8. The number of amides is 1. The van der Waals surface area contributed by atoms with E-state index in [1.165, 1.54) is 31.3 Å². The third-order valence-electron chi connectivity index (χ3n) is 4.89. The number of ether oxygens (including phenoxy) is 2. The van der Waals surface area contributed by atoms with Crippen molar-refractivity contribution in [3.8, 4) is 22.8 Å². The summed E-state index contributed by atoms with van der Waals surface area (Å²) in [5, 5.41) is 0. The van der Waals surface area contributed by atoms with Crippen LogP contribution >= 0.6 is 0 Å². The number of hydrogen-bond acceptors (Lipinski definition) is 5. The van der Waals surface area contributed by atoms with Crippen LogP contribution in [0.15, 0.2) is 47.5 Å². The molecule has 3 N–H and O–H groups in total. The van der Waals surface area contributed by atoms with E-state index in [0.29, 0.717) is 17.2 Å². The van der Waals surface area contributed by atoms with E-state index in [2.05, 4.69) is 9.97 Å². The summed E-state index contributed by atoms with van der Waals surface area (Å²) in [7, 11) is 0. The highest BCUT2D eigenvalue weighted by Crippen LogP contribution is 2.38. The number of aromatic amines is 1. The van der Waals surface area contributed by atoms with Gasteiger partial charge in [-0.2, -0.15) is 13.2 Å². The summed E-state index contributed by atoms with van der Waals surface area (Å²) in [6.07, 6.45) is -2.46. The SMILES string of the molecule is CCOc1ncc(C(C(N)=O)c2ccc(-c3c[nH]c(=O)c(OCC)c3)cc2F)cc1C(F)(F)F. The lowest BCUT2D eigenvalue weighted by Crippen LogP contribution is -2.24. The first-order valence-electron chi connectivity index (χ1n) is 10.2. The van der Waals surface area contributed by atoms with E-state index in [0.717, 1.165) is 12.3 Å². The zero-order chi connectivity index (χ0) is 25.0. The van der Waals surface area contributed by atoms with Crippen molar-refractivity contribution >= 4 is 5.91 Å². The Morgan fingerprint density at radius 3 is 2.41 bits per heavy atom. The van der Waals surface area contributed by atoms with Crippen molar-refractivity contribution < 1.29 is 31.8 Å². The number of rotatable bonds is 8. The van der Waals surface area contributed by atoms with Gasteiger partial charge >= 0.3 is 6.18 Å². The summed E-state index contributed by atoms with van der Waals surface area (Å²) in [6, 6.07) is 5.88. The molecule has 3 aromatic rings. The minimum absolute atomic E-state index is 0.0413. The average molecular weight is 479 g/mol. The summed E-state index contributed by atoms with van der Waals surface area (Å²) in [6.45, 7) is 3.39. The first-order chi connectivity index (χ1) is 16.1. The van der Waals surface area contributed by atoms with Gasteiger partial charge in [-0.25, -0.2) is 9.37 Å². The molecule has 0 radical (unpaired) electrons. The molecule has 0 saturated heterocycles. The molecule has 1 aromatic carbocycles. The molecule has 1 atom stereocenters. The number of nitrogens with one attached hydrogen (secondary N) is 1. The van der Waals surface area contributed by atoms with Crippen LogP contribution in [-0.2, 0) is 11.0 Å². The molecule has 1 unspecified atom stereocenters. The second-order valence-electron chi connectivity index (χ2n) is 7.14. The molecule has 1 amide bonds. The van der Waals surface area contributed by atoms with Crippen LogP contribution in [0.25, 0.3) is 11.1 Å². The van der Waals surface area contributed by atoms with E-state index in [9.17, 15) is 22.8 Å². The summed E-state index contributed by atoms with van der Waals surface area (Å²) in [4.78, 5) is 30.1. The van der Waals surface area contributed by atoms with Gasteiger partial charge in [-0.15, -0.1) is 0 Å². The standard InChI is InChI=1S/C23H21F4N3O4/c1-3-33-18-9-13(10-29-21(18)32)12-5-6-15(17(24)8-12)19(20(28)31)14-7-16(23(25,26)27)22(30-11-14)34-4-2/h5-11,19H,3-4H2,1-2H3,(H2,28,31)(H,29,32). The number of H-pyrrole nitrogens is 1. The van der Waals surface area contributed by atoms with Crippen molar-refractivity contribution in [3.05, 3.63) is 75.6 Å². The Morgan fingerprint density at radius 1 is 1.12 bits per heavy atom. The molecule has 7 nitrogen and oxygen atoms in total. The van der Waals surface area contributed by atoms with Crippen LogP contribution in [0.3, 0.4) is 0 Å². The number of carbonyl (C=O) groups is 1. The molecule has 2 aromatic heterocycles. The van der Waals surface area contributed by atoms with E-state index in [4.69, 9.17) is 15.2 Å². The summed E-state index contributed by atoms with van der Waals surface area (Å²) >= 11 is 0. The minimum atomic E-state index is -4.82. The van der Waals surface area contributed by atoms with Gasteiger partial charge in [0.15, 0.2) is 5.75 Å². The molecule has 180 valence electrons. The van der Waals surface area contributed by atoms with Crippen molar-refractivity contribution in [2.45, 2.75) is 25.9 Å². The van der Waals surface area contributed by atoms with Crippen molar-refractivity contribution in [2.75, 3.05) is 13.2 Å². The molecule has 34 heavy (non-hydrogen) atoms. The van der Waals surface area contributed by atoms with Crippen molar-refractivity contribution in [1.82, 2.24) is 9.97 Å². The van der Waals surface area contributed by atoms with Crippen LogP contribution < -0.4 is 20.8 Å². The van der Waals surface area contributed by atoms with Gasteiger partial charge < -0.3 is 20.2 Å². The maximum absolute atomic E-state index is 15.1. The number of aromatic nitrogens is 2. The van der Waals surface area contributed by atoms with Crippen LogP contribution in [0.2, 0.25) is 0 Å². The molecule has 0 saturated carbocycles. The molecule has 0 aliphatic carbocycles. The van der Waals surface area contributed by atoms with Gasteiger partial charge in [0.2, 0.25) is 11.8 Å². The molecule has 0 spiro atoms. The number of nitrogens with two attached hydrogens (primary N) is 1. The zero-order valence-electron chi connectivity index (χ0n) is 18.2. The smallest absolute Gasteiger partial charge is 0.421 e. The fraction of sp³-hybridized carbons (Fsp3) is 0.261. The van der Waals surface area contributed by atoms with E-state index < -0.39 is 40.8 Å². The lowest BCUT2D eigenvalue weighted by atomic mass is 9.89. The molecule has 3 rings (SSSR count). The Balaban J connectivity index is 2.06. The Hall–Kier alpha value is -3.89. The molecule has 11 heteroatoms. The van der Waals surface area contributed by atoms with E-state index in [1.807, 2.05) is 0 Å². The van der Waals surface area contributed by atoms with Gasteiger partial charge in [0.25, 0.3) is 5.56 Å². The van der Waals surface area contributed by atoms with Crippen molar-refractivity contribution in [1.29, 1.82) is 0 Å². The van der Waals surface area contributed by atoms with Gasteiger partial charge in [-0.05, 0) is 43.2 Å². The fourth-order valence-electron chi connectivity index (χ4n) is 3.41. The van der Waals surface area contributed by atoms with Crippen LogP contribution in [0, 0.1) is 5.82 Å². The third-order valence-corrected chi connectivity index (χ3v) is 4.89. The third kappa shape index (κ3) is 5.19. The Labute approximate surface area is 191 Å². The highest BCUT2D eigenvalue weighted by atomic mass is 19.4. The number of hydrogen-bond donors (Lipinski definition) is 2.